The lowest BCUT2D eigenvalue weighted by Crippen LogP contribution is -2.46. The number of benzene rings is 3. The molecule has 3 aromatic carbocycles. The van der Waals surface area contributed by atoms with E-state index in [1.54, 1.807) is 19.1 Å². The Kier molecular flexibility index (Phi) is 10.1. The van der Waals surface area contributed by atoms with Crippen molar-refractivity contribution in [3.8, 4) is 11.5 Å². The number of fused-ring (bicyclic) bond motifs is 1. The summed E-state index contributed by atoms with van der Waals surface area (Å²) in [6.07, 6.45) is 2.67. The summed E-state index contributed by atoms with van der Waals surface area (Å²) in [4.78, 5) is 34.2. The van der Waals surface area contributed by atoms with E-state index in [1.165, 1.54) is 0 Å². The van der Waals surface area contributed by atoms with E-state index >= 15 is 0 Å². The Morgan fingerprint density at radius 2 is 1.69 bits per heavy atom. The third kappa shape index (κ3) is 7.63. The molecule has 222 valence electrons. The lowest BCUT2D eigenvalue weighted by molar-refractivity contribution is -0.132. The third-order valence-corrected chi connectivity index (χ3v) is 7.32. The minimum atomic E-state index is -0.285. The van der Waals surface area contributed by atoms with Crippen LogP contribution in [-0.4, -0.2) is 60.6 Å². The summed E-state index contributed by atoms with van der Waals surface area (Å²) in [6.45, 7) is 9.35. The van der Waals surface area contributed by atoms with Crippen LogP contribution in [0, 0.1) is 19.8 Å². The molecule has 42 heavy (non-hydrogen) atoms. The number of ether oxygens (including phenoxy) is 2. The number of urea groups is 1. The molecular weight excluding hydrogens is 528 g/mol. The van der Waals surface area contributed by atoms with E-state index in [2.05, 4.69) is 16.4 Å². The first kappa shape index (κ1) is 30.5. The summed E-state index contributed by atoms with van der Waals surface area (Å²) >= 11 is 0. The molecule has 0 spiro atoms. The molecule has 0 aliphatic heterocycles. The molecule has 0 aliphatic carbocycles. The standard InChI is InChI=1S/C34H42N4O4/c1-23(2)20-38(34(40)36-29-13-11-24(3)17-25(29)4)22-33(39)37(21-26-12-14-31(41-5)32(18-26)42-6)16-15-27-19-35-30-10-8-7-9-28(27)30/h7-14,17-19,23,35H,15-16,20-22H2,1-6H3,(H,36,40). The van der Waals surface area contributed by atoms with Crippen molar-refractivity contribution in [3.05, 3.63) is 89.1 Å². The predicted octanol–water partition coefficient (Wildman–Crippen LogP) is 6.56. The summed E-state index contributed by atoms with van der Waals surface area (Å²) < 4.78 is 10.9. The fourth-order valence-corrected chi connectivity index (χ4v) is 5.16. The van der Waals surface area contributed by atoms with Gasteiger partial charge in [0.2, 0.25) is 5.91 Å². The summed E-state index contributed by atoms with van der Waals surface area (Å²) in [6, 6.07) is 19.4. The first-order valence-electron chi connectivity index (χ1n) is 14.3. The van der Waals surface area contributed by atoms with Crippen LogP contribution in [0.1, 0.15) is 36.1 Å². The zero-order valence-corrected chi connectivity index (χ0v) is 25.5. The lowest BCUT2D eigenvalue weighted by Gasteiger charge is -2.29. The summed E-state index contributed by atoms with van der Waals surface area (Å²) in [5, 5.41) is 4.16. The average molecular weight is 571 g/mol. The Morgan fingerprint density at radius 1 is 0.929 bits per heavy atom. The van der Waals surface area contributed by atoms with E-state index in [0.717, 1.165) is 38.8 Å². The van der Waals surface area contributed by atoms with Crippen molar-refractivity contribution in [3.63, 3.8) is 0 Å². The lowest BCUT2D eigenvalue weighted by atomic mass is 10.1. The second-order valence-electron chi connectivity index (χ2n) is 11.1. The maximum Gasteiger partial charge on any atom is 0.322 e. The molecule has 4 aromatic rings. The molecular formula is C34H42N4O4. The number of methoxy groups -OCH3 is 2. The topological polar surface area (TPSA) is 86.9 Å². The molecule has 0 radical (unpaired) electrons. The van der Waals surface area contributed by atoms with Gasteiger partial charge in [-0.15, -0.1) is 0 Å². The van der Waals surface area contributed by atoms with Crippen molar-refractivity contribution in [2.24, 2.45) is 5.92 Å². The molecule has 0 bridgehead atoms. The van der Waals surface area contributed by atoms with Crippen molar-refractivity contribution < 1.29 is 19.1 Å². The predicted molar refractivity (Wildman–Crippen MR) is 168 cm³/mol. The van der Waals surface area contributed by atoms with E-state index < -0.39 is 0 Å². The van der Waals surface area contributed by atoms with Crippen molar-refractivity contribution >= 4 is 28.5 Å². The maximum absolute atomic E-state index is 13.9. The van der Waals surface area contributed by atoms with Gasteiger partial charge in [-0.05, 0) is 67.1 Å². The molecule has 0 saturated carbocycles. The van der Waals surface area contributed by atoms with Crippen LogP contribution in [0.4, 0.5) is 10.5 Å². The van der Waals surface area contributed by atoms with Gasteiger partial charge in [0.15, 0.2) is 11.5 Å². The first-order valence-corrected chi connectivity index (χ1v) is 14.3. The monoisotopic (exact) mass is 570 g/mol. The van der Waals surface area contributed by atoms with Gasteiger partial charge in [0.1, 0.15) is 6.54 Å². The number of H-pyrrole nitrogens is 1. The zero-order valence-electron chi connectivity index (χ0n) is 25.5. The number of hydrogen-bond donors (Lipinski definition) is 2. The van der Waals surface area contributed by atoms with Gasteiger partial charge in [-0.1, -0.05) is 55.8 Å². The molecule has 0 fully saturated rings. The quantitative estimate of drug-likeness (QED) is 0.202. The van der Waals surface area contributed by atoms with Gasteiger partial charge in [-0.3, -0.25) is 4.79 Å². The van der Waals surface area contributed by atoms with Gasteiger partial charge in [0.05, 0.1) is 14.2 Å². The number of amides is 3. The van der Waals surface area contributed by atoms with Crippen LogP contribution in [0.25, 0.3) is 10.9 Å². The number of aryl methyl sites for hydroxylation is 2. The number of rotatable bonds is 12. The maximum atomic E-state index is 13.9. The fourth-order valence-electron chi connectivity index (χ4n) is 5.16. The van der Waals surface area contributed by atoms with E-state index in [9.17, 15) is 9.59 Å². The molecule has 1 heterocycles. The molecule has 2 N–H and O–H groups in total. The molecule has 8 heteroatoms. The minimum Gasteiger partial charge on any atom is -0.493 e. The van der Waals surface area contributed by atoms with Crippen LogP contribution < -0.4 is 14.8 Å². The molecule has 1 aromatic heterocycles. The van der Waals surface area contributed by atoms with Crippen molar-refractivity contribution in [2.45, 2.75) is 40.7 Å². The van der Waals surface area contributed by atoms with E-state index in [1.807, 2.05) is 93.4 Å². The number of nitrogens with one attached hydrogen (secondary N) is 2. The highest BCUT2D eigenvalue weighted by atomic mass is 16.5. The van der Waals surface area contributed by atoms with E-state index in [4.69, 9.17) is 9.47 Å². The zero-order chi connectivity index (χ0) is 30.2. The summed E-state index contributed by atoms with van der Waals surface area (Å²) in [7, 11) is 3.20. The largest absolute Gasteiger partial charge is 0.493 e. The van der Waals surface area contributed by atoms with Crippen LogP contribution >= 0.6 is 0 Å². The number of carbonyl (C=O) groups is 2. The number of aromatic amines is 1. The van der Waals surface area contributed by atoms with Crippen LogP contribution in [0.5, 0.6) is 11.5 Å². The SMILES string of the molecule is COc1ccc(CN(CCc2c[nH]c3ccccc23)C(=O)CN(CC(C)C)C(=O)Nc2ccc(C)cc2C)cc1OC. The molecule has 0 atom stereocenters. The highest BCUT2D eigenvalue weighted by Crippen LogP contribution is 2.28. The van der Waals surface area contributed by atoms with Gasteiger partial charge in [0, 0.05) is 42.4 Å². The Balaban J connectivity index is 1.57. The molecule has 0 saturated heterocycles. The summed E-state index contributed by atoms with van der Waals surface area (Å²) in [5.41, 5.74) is 5.97. The van der Waals surface area contributed by atoms with Crippen LogP contribution in [0.3, 0.4) is 0 Å². The van der Waals surface area contributed by atoms with Gasteiger partial charge in [-0.2, -0.15) is 0 Å². The molecule has 0 unspecified atom stereocenters. The second kappa shape index (κ2) is 13.9. The Labute approximate surface area is 248 Å². The highest BCUT2D eigenvalue weighted by Gasteiger charge is 2.23. The smallest absolute Gasteiger partial charge is 0.322 e. The van der Waals surface area contributed by atoms with Gasteiger partial charge >= 0.3 is 6.03 Å². The highest BCUT2D eigenvalue weighted by molar-refractivity contribution is 5.93. The third-order valence-electron chi connectivity index (χ3n) is 7.32. The summed E-state index contributed by atoms with van der Waals surface area (Å²) in [5.74, 6) is 1.30. The van der Waals surface area contributed by atoms with Gasteiger partial charge in [0.25, 0.3) is 0 Å². The molecule has 3 amide bonds. The van der Waals surface area contributed by atoms with Crippen molar-refractivity contribution in [1.82, 2.24) is 14.8 Å². The van der Waals surface area contributed by atoms with E-state index in [0.29, 0.717) is 37.6 Å². The van der Waals surface area contributed by atoms with Crippen LogP contribution in [0.2, 0.25) is 0 Å². The number of nitrogens with zero attached hydrogens (tertiary/aromatic N) is 2. The number of anilines is 1. The molecule has 4 rings (SSSR count). The van der Waals surface area contributed by atoms with Crippen LogP contribution in [0.15, 0.2) is 66.9 Å². The van der Waals surface area contributed by atoms with Gasteiger partial charge < -0.3 is 29.6 Å². The van der Waals surface area contributed by atoms with E-state index in [-0.39, 0.29) is 24.4 Å². The van der Waals surface area contributed by atoms with Crippen molar-refractivity contribution in [1.29, 1.82) is 0 Å². The Bertz CT molecular complexity index is 1530. The molecule has 0 aliphatic rings. The van der Waals surface area contributed by atoms with Crippen molar-refractivity contribution in [2.75, 3.05) is 39.2 Å². The average Bonchev–Trinajstić information content (AvgIpc) is 3.38. The Hall–Kier alpha value is -4.46. The molecule has 8 nitrogen and oxygen atoms in total. The Morgan fingerprint density at radius 3 is 2.40 bits per heavy atom. The number of carbonyl (C=O) groups excluding carboxylic acids is 2. The second-order valence-corrected chi connectivity index (χ2v) is 11.1. The minimum absolute atomic E-state index is 0.0317. The van der Waals surface area contributed by atoms with Gasteiger partial charge in [-0.25, -0.2) is 4.79 Å². The number of hydrogen-bond acceptors (Lipinski definition) is 4. The normalized spacial score (nSPS) is 11.0. The number of aromatic nitrogens is 1. The van der Waals surface area contributed by atoms with Crippen LogP contribution in [-0.2, 0) is 17.8 Å². The number of para-hydroxylation sites is 1. The fraction of sp³-hybridized carbons (Fsp3) is 0.353. The first-order chi connectivity index (χ1) is 20.2.